The third-order valence-electron chi connectivity index (χ3n) is 5.59. The van der Waals surface area contributed by atoms with E-state index in [0.717, 1.165) is 45.4 Å². The van der Waals surface area contributed by atoms with Crippen molar-refractivity contribution in [1.82, 2.24) is 10.2 Å². The van der Waals surface area contributed by atoms with Gasteiger partial charge >= 0.3 is 0 Å². The summed E-state index contributed by atoms with van der Waals surface area (Å²) in [4.78, 5) is 27.7. The summed E-state index contributed by atoms with van der Waals surface area (Å²) in [6.45, 7) is 5.10. The van der Waals surface area contributed by atoms with E-state index in [1.807, 2.05) is 11.8 Å². The first-order valence-corrected chi connectivity index (χ1v) is 9.62. The molecule has 0 aliphatic carbocycles. The lowest BCUT2D eigenvalue weighted by Crippen LogP contribution is -2.48. The molecule has 7 nitrogen and oxygen atoms in total. The molecule has 0 bridgehead atoms. The van der Waals surface area contributed by atoms with Gasteiger partial charge in [-0.3, -0.25) is 9.59 Å². The maximum atomic E-state index is 13.1. The van der Waals surface area contributed by atoms with E-state index in [4.69, 9.17) is 9.47 Å². The number of likely N-dealkylation sites (tertiary alicyclic amines) is 1. The lowest BCUT2D eigenvalue weighted by molar-refractivity contribution is -0.121. The Morgan fingerprint density at radius 1 is 1.11 bits per heavy atom. The molecule has 2 aliphatic rings. The van der Waals surface area contributed by atoms with Crippen LogP contribution in [0.4, 0.5) is 5.69 Å². The molecule has 0 spiro atoms. The van der Waals surface area contributed by atoms with Crippen LogP contribution in [0.3, 0.4) is 0 Å². The number of hydrogen-bond acceptors (Lipinski definition) is 5. The summed E-state index contributed by atoms with van der Waals surface area (Å²) in [6, 6.07) is 3.35. The van der Waals surface area contributed by atoms with Gasteiger partial charge in [-0.15, -0.1) is 0 Å². The number of nitrogens with one attached hydrogen (secondary N) is 2. The summed E-state index contributed by atoms with van der Waals surface area (Å²) in [5.41, 5.74) is 0.925. The van der Waals surface area contributed by atoms with Crippen LogP contribution in [-0.4, -0.2) is 57.1 Å². The second-order valence-electron chi connectivity index (χ2n) is 7.30. The monoisotopic (exact) mass is 375 g/mol. The highest BCUT2D eigenvalue weighted by atomic mass is 16.5. The first-order valence-electron chi connectivity index (χ1n) is 9.62. The normalized spacial score (nSPS) is 18.4. The number of methoxy groups -OCH3 is 2. The number of carbonyl (C=O) groups is 2. The van der Waals surface area contributed by atoms with E-state index in [0.29, 0.717) is 28.7 Å². The first kappa shape index (κ1) is 19.5. The number of benzene rings is 1. The largest absolute Gasteiger partial charge is 0.493 e. The van der Waals surface area contributed by atoms with Gasteiger partial charge in [0.1, 0.15) is 0 Å². The molecule has 7 heteroatoms. The van der Waals surface area contributed by atoms with Crippen LogP contribution < -0.4 is 20.1 Å². The zero-order valence-electron chi connectivity index (χ0n) is 16.3. The maximum absolute atomic E-state index is 13.1. The highest BCUT2D eigenvalue weighted by molar-refractivity contribution is 6.05. The number of anilines is 1. The van der Waals surface area contributed by atoms with Gasteiger partial charge in [-0.25, -0.2) is 0 Å². The van der Waals surface area contributed by atoms with Crippen molar-refractivity contribution in [2.75, 3.05) is 45.7 Å². The summed E-state index contributed by atoms with van der Waals surface area (Å²) < 4.78 is 10.7. The minimum Gasteiger partial charge on any atom is -0.493 e. The smallest absolute Gasteiger partial charge is 0.256 e. The van der Waals surface area contributed by atoms with Crippen LogP contribution in [0, 0.1) is 11.8 Å². The molecule has 2 saturated heterocycles. The molecule has 1 unspecified atom stereocenters. The predicted molar refractivity (Wildman–Crippen MR) is 103 cm³/mol. The Kier molecular flexibility index (Phi) is 6.21. The van der Waals surface area contributed by atoms with Crippen LogP contribution >= 0.6 is 0 Å². The second-order valence-corrected chi connectivity index (χ2v) is 7.30. The van der Waals surface area contributed by atoms with Gasteiger partial charge in [-0.05, 0) is 44.3 Å². The number of hydrogen-bond donors (Lipinski definition) is 2. The van der Waals surface area contributed by atoms with Crippen molar-refractivity contribution in [3.8, 4) is 11.5 Å². The molecule has 2 aliphatic heterocycles. The average molecular weight is 375 g/mol. The van der Waals surface area contributed by atoms with Crippen LogP contribution in [0.5, 0.6) is 11.5 Å². The molecule has 2 N–H and O–H groups in total. The van der Waals surface area contributed by atoms with E-state index < -0.39 is 0 Å². The van der Waals surface area contributed by atoms with E-state index >= 15 is 0 Å². The van der Waals surface area contributed by atoms with E-state index in [9.17, 15) is 9.59 Å². The third-order valence-corrected chi connectivity index (χ3v) is 5.59. The standard InChI is InChI=1S/C20H29N3O4/c1-13(14-11-21-12-14)19(24)22-16-10-18(27-3)17(26-2)9-15(16)20(25)23-7-5-4-6-8-23/h9-10,13-14,21H,4-8,11-12H2,1-3H3,(H,22,24). The van der Waals surface area contributed by atoms with Crippen LogP contribution in [-0.2, 0) is 4.79 Å². The number of rotatable bonds is 6. The summed E-state index contributed by atoms with van der Waals surface area (Å²) in [5.74, 6) is 1.00. The highest BCUT2D eigenvalue weighted by Crippen LogP contribution is 2.35. The Hall–Kier alpha value is -2.28. The zero-order valence-corrected chi connectivity index (χ0v) is 16.3. The van der Waals surface area contributed by atoms with Crippen molar-refractivity contribution < 1.29 is 19.1 Å². The van der Waals surface area contributed by atoms with Crippen molar-refractivity contribution in [2.24, 2.45) is 11.8 Å². The molecule has 1 aromatic rings. The Balaban J connectivity index is 1.89. The van der Waals surface area contributed by atoms with Crippen molar-refractivity contribution in [2.45, 2.75) is 26.2 Å². The second kappa shape index (κ2) is 8.61. The van der Waals surface area contributed by atoms with Gasteiger partial charge in [0.05, 0.1) is 25.5 Å². The van der Waals surface area contributed by atoms with Crippen molar-refractivity contribution in [3.05, 3.63) is 17.7 Å². The summed E-state index contributed by atoms with van der Waals surface area (Å²) >= 11 is 0. The molecular weight excluding hydrogens is 346 g/mol. The molecule has 27 heavy (non-hydrogen) atoms. The molecule has 3 rings (SSSR count). The van der Waals surface area contributed by atoms with Crippen LogP contribution in [0.1, 0.15) is 36.5 Å². The number of carbonyl (C=O) groups excluding carboxylic acids is 2. The topological polar surface area (TPSA) is 79.9 Å². The minimum atomic E-state index is -0.128. The van der Waals surface area contributed by atoms with Gasteiger partial charge < -0.3 is 25.0 Å². The lowest BCUT2D eigenvalue weighted by Gasteiger charge is -2.32. The van der Waals surface area contributed by atoms with E-state index in [2.05, 4.69) is 10.6 Å². The average Bonchev–Trinajstić information content (AvgIpc) is 2.66. The van der Waals surface area contributed by atoms with Gasteiger partial charge in [-0.1, -0.05) is 6.92 Å². The SMILES string of the molecule is COc1cc(NC(=O)C(C)C2CNC2)c(C(=O)N2CCCCC2)cc1OC. The molecule has 1 aromatic carbocycles. The van der Waals surface area contributed by atoms with Crippen molar-refractivity contribution in [1.29, 1.82) is 0 Å². The maximum Gasteiger partial charge on any atom is 0.256 e. The van der Waals surface area contributed by atoms with E-state index in [-0.39, 0.29) is 17.7 Å². The number of nitrogens with zero attached hydrogens (tertiary/aromatic N) is 1. The Morgan fingerprint density at radius 2 is 1.74 bits per heavy atom. The van der Waals surface area contributed by atoms with Gasteiger partial charge in [0.2, 0.25) is 5.91 Å². The minimum absolute atomic E-state index is 0.0797. The van der Waals surface area contributed by atoms with Gasteiger partial charge in [0.25, 0.3) is 5.91 Å². The number of piperidine rings is 1. The number of amides is 2. The summed E-state index contributed by atoms with van der Waals surface area (Å²) in [7, 11) is 3.08. The highest BCUT2D eigenvalue weighted by Gasteiger charge is 2.30. The molecule has 1 atom stereocenters. The summed E-state index contributed by atoms with van der Waals surface area (Å²) in [6.07, 6.45) is 3.16. The molecular formula is C20H29N3O4. The fraction of sp³-hybridized carbons (Fsp3) is 0.600. The predicted octanol–water partition coefficient (Wildman–Crippen LogP) is 2.12. The molecule has 2 amide bonds. The quantitative estimate of drug-likeness (QED) is 0.796. The van der Waals surface area contributed by atoms with Gasteiger partial charge in [0.15, 0.2) is 11.5 Å². The number of ether oxygens (including phenoxy) is 2. The molecule has 2 fully saturated rings. The van der Waals surface area contributed by atoms with Gasteiger partial charge in [0, 0.05) is 25.1 Å². The van der Waals surface area contributed by atoms with E-state index in [1.165, 1.54) is 14.2 Å². The summed E-state index contributed by atoms with van der Waals surface area (Å²) in [5, 5.41) is 6.15. The van der Waals surface area contributed by atoms with Crippen molar-refractivity contribution in [3.63, 3.8) is 0 Å². The fourth-order valence-corrected chi connectivity index (χ4v) is 3.55. The molecule has 0 radical (unpaired) electrons. The lowest BCUT2D eigenvalue weighted by atomic mass is 9.88. The van der Waals surface area contributed by atoms with Crippen molar-refractivity contribution >= 4 is 17.5 Å². The Labute approximate surface area is 160 Å². The molecule has 0 aromatic heterocycles. The van der Waals surface area contributed by atoms with Crippen LogP contribution in [0.2, 0.25) is 0 Å². The van der Waals surface area contributed by atoms with Crippen LogP contribution in [0.25, 0.3) is 0 Å². The molecule has 148 valence electrons. The molecule has 0 saturated carbocycles. The van der Waals surface area contributed by atoms with Gasteiger partial charge in [-0.2, -0.15) is 0 Å². The molecule has 2 heterocycles. The fourth-order valence-electron chi connectivity index (χ4n) is 3.55. The Bertz CT molecular complexity index is 697. The zero-order chi connectivity index (χ0) is 19.4. The third kappa shape index (κ3) is 4.18. The van der Waals surface area contributed by atoms with Crippen LogP contribution in [0.15, 0.2) is 12.1 Å². The first-order chi connectivity index (χ1) is 13.0. The Morgan fingerprint density at radius 3 is 2.30 bits per heavy atom. The van der Waals surface area contributed by atoms with E-state index in [1.54, 1.807) is 12.1 Å².